The highest BCUT2D eigenvalue weighted by Gasteiger charge is 2.60. The second kappa shape index (κ2) is 8.59. The minimum absolute atomic E-state index is 0.0999. The molecule has 0 N–H and O–H groups in total. The molecule has 3 aliphatic heterocycles. The molecule has 4 rings (SSSR count). The Morgan fingerprint density at radius 2 is 1.65 bits per heavy atom. The van der Waals surface area contributed by atoms with Crippen LogP contribution in [0.5, 0.6) is 0 Å². The number of pyridine rings is 1. The molecule has 1 amide bonds. The summed E-state index contributed by atoms with van der Waals surface area (Å²) < 4.78 is 13.2. The SMILES string of the molecule is C[n+]1ccc(SC(=O)C2=C(C(=O)OC(C)(C)C)N3C[C@H]4[C@H]3C2CCN4C(=O)OC(C)(C)C)cc1. The van der Waals surface area contributed by atoms with Crippen LogP contribution >= 0.6 is 11.8 Å². The zero-order valence-corrected chi connectivity index (χ0v) is 21.8. The lowest BCUT2D eigenvalue weighted by molar-refractivity contribution is -0.671. The quantitative estimate of drug-likeness (QED) is 0.368. The maximum atomic E-state index is 13.6. The van der Waals surface area contributed by atoms with Crippen molar-refractivity contribution >= 4 is 28.9 Å². The minimum atomic E-state index is -0.680. The van der Waals surface area contributed by atoms with Crippen LogP contribution in [-0.2, 0) is 26.1 Å². The van der Waals surface area contributed by atoms with Crippen molar-refractivity contribution in [3.05, 3.63) is 35.8 Å². The number of esters is 1. The van der Waals surface area contributed by atoms with Gasteiger partial charge in [0.2, 0.25) is 5.12 Å². The molecule has 1 aromatic heterocycles. The fourth-order valence-electron chi connectivity index (χ4n) is 4.84. The third kappa shape index (κ3) is 4.80. The lowest BCUT2D eigenvalue weighted by Crippen LogP contribution is -2.70. The second-order valence-electron chi connectivity index (χ2n) is 11.1. The number of nitrogens with zero attached hydrogens (tertiary/aromatic N) is 3. The standard InChI is InChI=1S/C25H34N3O5S/c1-24(2,3)32-21(29)20-18(22(30)34-15-8-11-26(7)12-9-15)16-10-13-27(17-14-28(20)19(16)17)23(31)33-25(4,5)6/h8-9,11-12,16-17,19H,10,13-14H2,1-7H3/q+1/t16?,17-,19+/m0/s1. The molecule has 0 saturated carbocycles. The Balaban J connectivity index is 1.62. The fourth-order valence-corrected chi connectivity index (χ4v) is 5.67. The molecular weight excluding hydrogens is 454 g/mol. The van der Waals surface area contributed by atoms with Crippen molar-refractivity contribution in [1.29, 1.82) is 0 Å². The number of carbonyl (C=O) groups excluding carboxylic acids is 3. The molecule has 3 aliphatic rings. The predicted molar refractivity (Wildman–Crippen MR) is 127 cm³/mol. The van der Waals surface area contributed by atoms with Gasteiger partial charge in [0, 0.05) is 41.6 Å². The lowest BCUT2D eigenvalue weighted by Gasteiger charge is -2.55. The maximum Gasteiger partial charge on any atom is 0.410 e. The van der Waals surface area contributed by atoms with E-state index in [-0.39, 0.29) is 29.2 Å². The summed E-state index contributed by atoms with van der Waals surface area (Å²) in [7, 11) is 1.92. The molecule has 34 heavy (non-hydrogen) atoms. The Labute approximate surface area is 205 Å². The number of amides is 1. The molecule has 9 heteroatoms. The molecule has 4 heterocycles. The molecular formula is C25H34N3O5S+. The van der Waals surface area contributed by atoms with Crippen molar-refractivity contribution in [3.8, 4) is 0 Å². The summed E-state index contributed by atoms with van der Waals surface area (Å²) in [5.41, 5.74) is -0.396. The molecule has 1 aromatic rings. The Hall–Kier alpha value is -2.55. The normalized spacial score (nSPS) is 23.9. The average Bonchev–Trinajstić information content (AvgIpc) is 2.97. The van der Waals surface area contributed by atoms with Gasteiger partial charge in [-0.1, -0.05) is 0 Å². The highest BCUT2D eigenvalue weighted by atomic mass is 32.2. The highest BCUT2D eigenvalue weighted by Crippen LogP contribution is 2.50. The van der Waals surface area contributed by atoms with Crippen LogP contribution in [-0.4, -0.2) is 63.4 Å². The predicted octanol–water partition coefficient (Wildman–Crippen LogP) is 3.05. The molecule has 1 unspecified atom stereocenters. The first-order chi connectivity index (χ1) is 15.7. The summed E-state index contributed by atoms with van der Waals surface area (Å²) in [5.74, 6) is -0.604. The van der Waals surface area contributed by atoms with E-state index in [1.54, 1.807) is 4.90 Å². The number of hydrogen-bond donors (Lipinski definition) is 0. The van der Waals surface area contributed by atoms with Crippen LogP contribution in [0.1, 0.15) is 48.0 Å². The summed E-state index contributed by atoms with van der Waals surface area (Å²) in [6.07, 6.45) is 4.02. The second-order valence-corrected chi connectivity index (χ2v) is 12.2. The molecule has 0 bridgehead atoms. The van der Waals surface area contributed by atoms with Crippen molar-refractivity contribution in [2.75, 3.05) is 13.1 Å². The smallest absolute Gasteiger partial charge is 0.410 e. The van der Waals surface area contributed by atoms with Gasteiger partial charge in [-0.25, -0.2) is 14.2 Å². The van der Waals surface area contributed by atoms with Gasteiger partial charge in [-0.3, -0.25) is 4.79 Å². The van der Waals surface area contributed by atoms with Crippen molar-refractivity contribution in [2.45, 2.75) is 76.1 Å². The van der Waals surface area contributed by atoms with Crippen LogP contribution in [0.3, 0.4) is 0 Å². The first-order valence-corrected chi connectivity index (χ1v) is 12.5. The van der Waals surface area contributed by atoms with Gasteiger partial charge in [0.25, 0.3) is 0 Å². The van der Waals surface area contributed by atoms with Crippen LogP contribution in [0, 0.1) is 5.92 Å². The van der Waals surface area contributed by atoms with E-state index in [2.05, 4.69) is 0 Å². The Morgan fingerprint density at radius 1 is 1.03 bits per heavy atom. The summed E-state index contributed by atoms with van der Waals surface area (Å²) in [6, 6.07) is 3.55. The molecule has 0 aliphatic carbocycles. The summed E-state index contributed by atoms with van der Waals surface area (Å²) in [5, 5.41) is -0.140. The maximum absolute atomic E-state index is 13.6. The number of thioether (sulfide) groups is 1. The van der Waals surface area contributed by atoms with Gasteiger partial charge < -0.3 is 19.3 Å². The van der Waals surface area contributed by atoms with Gasteiger partial charge in [-0.15, -0.1) is 0 Å². The van der Waals surface area contributed by atoms with Crippen molar-refractivity contribution in [3.63, 3.8) is 0 Å². The highest BCUT2D eigenvalue weighted by molar-refractivity contribution is 8.14. The monoisotopic (exact) mass is 488 g/mol. The van der Waals surface area contributed by atoms with E-state index in [0.717, 1.165) is 16.7 Å². The fraction of sp³-hybridized carbons (Fsp3) is 0.600. The van der Waals surface area contributed by atoms with E-state index in [1.807, 2.05) is 82.6 Å². The Morgan fingerprint density at radius 3 is 2.24 bits per heavy atom. The molecule has 0 spiro atoms. The largest absolute Gasteiger partial charge is 0.455 e. The summed E-state index contributed by atoms with van der Waals surface area (Å²) in [6.45, 7) is 12.0. The molecule has 2 saturated heterocycles. The number of aryl methyl sites for hydroxylation is 1. The van der Waals surface area contributed by atoms with Gasteiger partial charge in [0.05, 0.1) is 12.1 Å². The number of aromatic nitrogens is 1. The van der Waals surface area contributed by atoms with E-state index in [0.29, 0.717) is 30.8 Å². The van der Waals surface area contributed by atoms with E-state index >= 15 is 0 Å². The number of piperidine rings is 1. The number of hydrogen-bond acceptors (Lipinski definition) is 7. The lowest BCUT2D eigenvalue weighted by atomic mass is 9.79. The van der Waals surface area contributed by atoms with Crippen LogP contribution in [0.4, 0.5) is 4.79 Å². The van der Waals surface area contributed by atoms with Gasteiger partial charge >= 0.3 is 12.1 Å². The first kappa shape index (κ1) is 24.6. The minimum Gasteiger partial charge on any atom is -0.455 e. The molecule has 2 fully saturated rings. The summed E-state index contributed by atoms with van der Waals surface area (Å²) in [4.78, 5) is 44.2. The number of likely N-dealkylation sites (tertiary alicyclic amines) is 1. The van der Waals surface area contributed by atoms with E-state index in [9.17, 15) is 14.4 Å². The zero-order valence-electron chi connectivity index (χ0n) is 21.0. The van der Waals surface area contributed by atoms with Gasteiger partial charge in [0.1, 0.15) is 23.9 Å². The van der Waals surface area contributed by atoms with Crippen molar-refractivity contribution in [1.82, 2.24) is 9.80 Å². The Kier molecular flexibility index (Phi) is 6.21. The van der Waals surface area contributed by atoms with Crippen LogP contribution in [0.2, 0.25) is 0 Å². The van der Waals surface area contributed by atoms with E-state index in [1.165, 1.54) is 0 Å². The van der Waals surface area contributed by atoms with E-state index < -0.39 is 17.2 Å². The van der Waals surface area contributed by atoms with Crippen LogP contribution < -0.4 is 4.57 Å². The van der Waals surface area contributed by atoms with Crippen LogP contribution in [0.15, 0.2) is 40.7 Å². The molecule has 8 nitrogen and oxygen atoms in total. The number of carbonyl (C=O) groups is 3. The Bertz CT molecular complexity index is 1040. The molecule has 3 atom stereocenters. The van der Waals surface area contributed by atoms with E-state index in [4.69, 9.17) is 9.47 Å². The molecule has 184 valence electrons. The van der Waals surface area contributed by atoms with Crippen LogP contribution in [0.25, 0.3) is 0 Å². The third-order valence-corrected chi connectivity index (χ3v) is 7.06. The van der Waals surface area contributed by atoms with Gasteiger partial charge in [-0.2, -0.15) is 0 Å². The van der Waals surface area contributed by atoms with Gasteiger partial charge in [-0.05, 0) is 59.7 Å². The third-order valence-electron chi connectivity index (χ3n) is 6.14. The average molecular weight is 489 g/mol. The van der Waals surface area contributed by atoms with Crippen molar-refractivity contribution in [2.24, 2.45) is 13.0 Å². The zero-order chi connectivity index (χ0) is 25.0. The molecule has 0 radical (unpaired) electrons. The molecule has 0 aromatic carbocycles. The van der Waals surface area contributed by atoms with Gasteiger partial charge in [0.15, 0.2) is 12.4 Å². The van der Waals surface area contributed by atoms with Crippen molar-refractivity contribution < 1.29 is 28.4 Å². The number of ether oxygens (including phenoxy) is 2. The summed E-state index contributed by atoms with van der Waals surface area (Å²) >= 11 is 1.13. The number of rotatable bonds is 3. The first-order valence-electron chi connectivity index (χ1n) is 11.7. The topological polar surface area (TPSA) is 80.0 Å².